The number of rotatable bonds is 5. The van der Waals surface area contributed by atoms with E-state index in [1.54, 1.807) is 6.92 Å². The Balaban J connectivity index is 1.97. The molecule has 6 heteroatoms. The summed E-state index contributed by atoms with van der Waals surface area (Å²) in [6, 6.07) is 0.410. The van der Waals surface area contributed by atoms with E-state index in [1.807, 2.05) is 4.90 Å². The van der Waals surface area contributed by atoms with Gasteiger partial charge in [-0.1, -0.05) is 32.3 Å². The van der Waals surface area contributed by atoms with Crippen LogP contribution in [0.3, 0.4) is 0 Å². The van der Waals surface area contributed by atoms with Crippen molar-refractivity contribution in [2.24, 2.45) is 5.92 Å². The Hall–Kier alpha value is -1.43. The fourth-order valence-electron chi connectivity index (χ4n) is 3.00. The van der Waals surface area contributed by atoms with Gasteiger partial charge in [-0.25, -0.2) is 0 Å². The van der Waals surface area contributed by atoms with Gasteiger partial charge in [0.05, 0.1) is 6.04 Å². The van der Waals surface area contributed by atoms with Gasteiger partial charge < -0.3 is 14.7 Å². The highest BCUT2D eigenvalue weighted by Gasteiger charge is 2.31. The standard InChI is InChI=1S/C16H28N4O2/c1-6-13-9-20(12(5)21)8-7-14(13)17-11(4)16-18-15(10(2)3)19-22-16/h10-11,13-14,17H,6-9H2,1-5H3/t11-,13-,14+/m1/s1. The third kappa shape index (κ3) is 3.85. The minimum absolute atomic E-state index is 0.0305. The fourth-order valence-corrected chi connectivity index (χ4v) is 3.00. The molecule has 22 heavy (non-hydrogen) atoms. The van der Waals surface area contributed by atoms with Crippen LogP contribution >= 0.6 is 0 Å². The van der Waals surface area contributed by atoms with E-state index < -0.39 is 0 Å². The maximum Gasteiger partial charge on any atom is 0.243 e. The Morgan fingerprint density at radius 3 is 2.73 bits per heavy atom. The number of amides is 1. The number of likely N-dealkylation sites (tertiary alicyclic amines) is 1. The highest BCUT2D eigenvalue weighted by molar-refractivity contribution is 5.73. The third-order valence-electron chi connectivity index (χ3n) is 4.51. The number of nitrogens with one attached hydrogen (secondary N) is 1. The molecule has 0 spiro atoms. The first-order chi connectivity index (χ1) is 10.4. The molecule has 0 bridgehead atoms. The highest BCUT2D eigenvalue weighted by Crippen LogP contribution is 2.23. The molecule has 2 heterocycles. The topological polar surface area (TPSA) is 71.3 Å². The molecule has 0 unspecified atom stereocenters. The summed E-state index contributed by atoms with van der Waals surface area (Å²) >= 11 is 0. The molecular formula is C16H28N4O2. The van der Waals surface area contributed by atoms with Crippen LogP contribution in [0.15, 0.2) is 4.52 Å². The van der Waals surface area contributed by atoms with Crippen molar-refractivity contribution in [3.05, 3.63) is 11.7 Å². The van der Waals surface area contributed by atoms with Crippen LogP contribution in [0.4, 0.5) is 0 Å². The molecule has 1 aliphatic rings. The van der Waals surface area contributed by atoms with Crippen molar-refractivity contribution in [1.29, 1.82) is 0 Å². The van der Waals surface area contributed by atoms with Gasteiger partial charge in [-0.05, 0) is 19.3 Å². The predicted octanol–water partition coefficient (Wildman–Crippen LogP) is 2.49. The van der Waals surface area contributed by atoms with E-state index in [0.717, 1.165) is 31.8 Å². The number of nitrogens with zero attached hydrogens (tertiary/aromatic N) is 3. The number of aromatic nitrogens is 2. The van der Waals surface area contributed by atoms with Crippen molar-refractivity contribution < 1.29 is 9.32 Å². The molecule has 1 N–H and O–H groups in total. The molecule has 0 saturated carbocycles. The normalized spacial score (nSPS) is 23.8. The molecule has 6 nitrogen and oxygen atoms in total. The van der Waals surface area contributed by atoms with Gasteiger partial charge in [0, 0.05) is 32.0 Å². The predicted molar refractivity (Wildman–Crippen MR) is 84.4 cm³/mol. The van der Waals surface area contributed by atoms with Crippen LogP contribution in [-0.4, -0.2) is 40.1 Å². The summed E-state index contributed by atoms with van der Waals surface area (Å²) in [6.45, 7) is 11.6. The Morgan fingerprint density at radius 1 is 1.45 bits per heavy atom. The minimum Gasteiger partial charge on any atom is -0.343 e. The van der Waals surface area contributed by atoms with Gasteiger partial charge in [-0.3, -0.25) is 4.79 Å². The van der Waals surface area contributed by atoms with Crippen LogP contribution in [0.5, 0.6) is 0 Å². The molecule has 0 aliphatic carbocycles. The molecule has 0 aromatic carbocycles. The minimum atomic E-state index is 0.0305. The average Bonchev–Trinajstić information content (AvgIpc) is 2.97. The van der Waals surface area contributed by atoms with E-state index in [9.17, 15) is 4.79 Å². The van der Waals surface area contributed by atoms with Crippen LogP contribution < -0.4 is 5.32 Å². The van der Waals surface area contributed by atoms with Gasteiger partial charge in [0.2, 0.25) is 11.8 Å². The van der Waals surface area contributed by atoms with Gasteiger partial charge in [-0.2, -0.15) is 4.98 Å². The zero-order valence-corrected chi connectivity index (χ0v) is 14.3. The van der Waals surface area contributed by atoms with Crippen molar-refractivity contribution in [3.8, 4) is 0 Å². The third-order valence-corrected chi connectivity index (χ3v) is 4.51. The van der Waals surface area contributed by atoms with Crippen LogP contribution in [-0.2, 0) is 4.79 Å². The van der Waals surface area contributed by atoms with Crippen LogP contribution in [0.1, 0.15) is 71.1 Å². The van der Waals surface area contributed by atoms with Gasteiger partial charge >= 0.3 is 0 Å². The lowest BCUT2D eigenvalue weighted by atomic mass is 9.89. The summed E-state index contributed by atoms with van der Waals surface area (Å²) in [7, 11) is 0. The van der Waals surface area contributed by atoms with E-state index in [1.165, 1.54) is 0 Å². The summed E-state index contributed by atoms with van der Waals surface area (Å²) in [6.07, 6.45) is 2.02. The Labute approximate surface area is 132 Å². The molecule has 1 aliphatic heterocycles. The van der Waals surface area contributed by atoms with E-state index in [-0.39, 0.29) is 17.9 Å². The number of carbonyl (C=O) groups excluding carboxylic acids is 1. The van der Waals surface area contributed by atoms with Crippen LogP contribution in [0, 0.1) is 5.92 Å². The second-order valence-corrected chi connectivity index (χ2v) is 6.56. The molecule has 1 amide bonds. The highest BCUT2D eigenvalue weighted by atomic mass is 16.5. The quantitative estimate of drug-likeness (QED) is 0.905. The van der Waals surface area contributed by atoms with Crippen molar-refractivity contribution in [2.45, 2.75) is 65.5 Å². The zero-order chi connectivity index (χ0) is 16.3. The summed E-state index contributed by atoms with van der Waals surface area (Å²) in [5.41, 5.74) is 0. The lowest BCUT2D eigenvalue weighted by Gasteiger charge is -2.39. The maximum absolute atomic E-state index is 11.5. The van der Waals surface area contributed by atoms with Crippen molar-refractivity contribution in [2.75, 3.05) is 13.1 Å². The first kappa shape index (κ1) is 16.9. The molecule has 1 aromatic heterocycles. The van der Waals surface area contributed by atoms with Gasteiger partial charge in [0.1, 0.15) is 0 Å². The molecular weight excluding hydrogens is 280 g/mol. The number of piperidine rings is 1. The van der Waals surface area contributed by atoms with E-state index >= 15 is 0 Å². The molecule has 1 fully saturated rings. The zero-order valence-electron chi connectivity index (χ0n) is 14.3. The fraction of sp³-hybridized carbons (Fsp3) is 0.812. The first-order valence-electron chi connectivity index (χ1n) is 8.27. The lowest BCUT2D eigenvalue weighted by molar-refractivity contribution is -0.131. The molecule has 124 valence electrons. The van der Waals surface area contributed by atoms with E-state index in [4.69, 9.17) is 4.52 Å². The monoisotopic (exact) mass is 308 g/mol. The largest absolute Gasteiger partial charge is 0.343 e. The lowest BCUT2D eigenvalue weighted by Crippen LogP contribution is -2.50. The van der Waals surface area contributed by atoms with Gasteiger partial charge in [0.25, 0.3) is 0 Å². The molecule has 3 atom stereocenters. The Kier molecular flexibility index (Phi) is 5.56. The van der Waals surface area contributed by atoms with Crippen LogP contribution in [0.25, 0.3) is 0 Å². The molecule has 0 radical (unpaired) electrons. The molecule has 2 rings (SSSR count). The first-order valence-corrected chi connectivity index (χ1v) is 8.27. The smallest absolute Gasteiger partial charge is 0.243 e. The van der Waals surface area contributed by atoms with E-state index in [2.05, 4.69) is 43.2 Å². The second kappa shape index (κ2) is 7.22. The number of carbonyl (C=O) groups is 1. The number of hydrogen-bond acceptors (Lipinski definition) is 5. The summed E-state index contributed by atoms with van der Waals surface area (Å²) in [4.78, 5) is 18.0. The van der Waals surface area contributed by atoms with Crippen molar-refractivity contribution in [3.63, 3.8) is 0 Å². The van der Waals surface area contributed by atoms with Crippen molar-refractivity contribution in [1.82, 2.24) is 20.4 Å². The average molecular weight is 308 g/mol. The summed E-state index contributed by atoms with van der Waals surface area (Å²) in [5, 5.41) is 7.64. The molecule has 1 aromatic rings. The van der Waals surface area contributed by atoms with Crippen LogP contribution in [0.2, 0.25) is 0 Å². The summed E-state index contributed by atoms with van der Waals surface area (Å²) in [5.74, 6) is 2.30. The van der Waals surface area contributed by atoms with Gasteiger partial charge in [0.15, 0.2) is 5.82 Å². The Bertz CT molecular complexity index is 500. The summed E-state index contributed by atoms with van der Waals surface area (Å²) < 4.78 is 5.37. The second-order valence-electron chi connectivity index (χ2n) is 6.56. The van der Waals surface area contributed by atoms with Crippen molar-refractivity contribution >= 4 is 5.91 Å². The van der Waals surface area contributed by atoms with E-state index in [0.29, 0.717) is 17.9 Å². The van der Waals surface area contributed by atoms with Gasteiger partial charge in [-0.15, -0.1) is 0 Å². The number of hydrogen-bond donors (Lipinski definition) is 1. The molecule has 1 saturated heterocycles. The maximum atomic E-state index is 11.5. The SMILES string of the molecule is CC[C@@H]1CN(C(C)=O)CC[C@@H]1N[C@H](C)c1nc(C(C)C)no1. The Morgan fingerprint density at radius 2 is 2.18 bits per heavy atom.